The van der Waals surface area contributed by atoms with Crippen LogP contribution < -0.4 is 10.6 Å². The number of esters is 2. The van der Waals surface area contributed by atoms with E-state index in [1.54, 1.807) is 37.3 Å². The van der Waals surface area contributed by atoms with Gasteiger partial charge in [0, 0.05) is 5.56 Å². The lowest BCUT2D eigenvalue weighted by molar-refractivity contribution is -0.160. The quantitative estimate of drug-likeness (QED) is 0.437. The van der Waals surface area contributed by atoms with E-state index in [0.717, 1.165) is 0 Å². The Morgan fingerprint density at radius 1 is 1.00 bits per heavy atom. The third kappa shape index (κ3) is 7.99. The number of aliphatic carboxylic acids is 1. The Hall–Kier alpha value is -3.43. The van der Waals surface area contributed by atoms with Crippen molar-refractivity contribution in [2.24, 2.45) is 5.92 Å². The van der Waals surface area contributed by atoms with E-state index in [1.807, 2.05) is 0 Å². The first-order valence-electron chi connectivity index (χ1n) is 8.97. The average molecular weight is 408 g/mol. The molecule has 1 aromatic carbocycles. The van der Waals surface area contributed by atoms with Gasteiger partial charge < -0.3 is 25.2 Å². The van der Waals surface area contributed by atoms with Gasteiger partial charge in [-0.3, -0.25) is 19.2 Å². The highest BCUT2D eigenvalue weighted by molar-refractivity contribution is 5.97. The van der Waals surface area contributed by atoms with Crippen LogP contribution in [0.1, 0.15) is 30.6 Å². The van der Waals surface area contributed by atoms with Gasteiger partial charge in [0.05, 0.1) is 32.1 Å². The monoisotopic (exact) mass is 408 g/mol. The van der Waals surface area contributed by atoms with E-state index in [2.05, 4.69) is 10.6 Å². The summed E-state index contributed by atoms with van der Waals surface area (Å²) in [4.78, 5) is 59.6. The van der Waals surface area contributed by atoms with E-state index in [9.17, 15) is 29.1 Å². The molecule has 0 fully saturated rings. The number of rotatable bonds is 11. The summed E-state index contributed by atoms with van der Waals surface area (Å²) in [5.74, 6) is -6.15. The minimum atomic E-state index is -1.74. The number of ether oxygens (including phenoxy) is 2. The molecule has 10 heteroatoms. The summed E-state index contributed by atoms with van der Waals surface area (Å²) < 4.78 is 9.57. The molecule has 0 radical (unpaired) electrons. The highest BCUT2D eigenvalue weighted by Gasteiger charge is 2.38. The molecular weight excluding hydrogens is 384 g/mol. The van der Waals surface area contributed by atoms with Gasteiger partial charge in [-0.2, -0.15) is 0 Å². The Kier molecular flexibility index (Phi) is 9.86. The van der Waals surface area contributed by atoms with Crippen LogP contribution in [0, 0.1) is 5.92 Å². The minimum Gasteiger partial charge on any atom is -0.480 e. The van der Waals surface area contributed by atoms with Gasteiger partial charge in [-0.25, -0.2) is 4.79 Å². The summed E-state index contributed by atoms with van der Waals surface area (Å²) in [6.45, 7) is 2.57. The highest BCUT2D eigenvalue weighted by Crippen LogP contribution is 2.14. The smallest absolute Gasteiger partial charge is 0.327 e. The third-order valence-electron chi connectivity index (χ3n) is 3.71. The van der Waals surface area contributed by atoms with E-state index in [0.29, 0.717) is 5.56 Å². The molecule has 158 valence electrons. The molecule has 0 bridgehead atoms. The summed E-state index contributed by atoms with van der Waals surface area (Å²) in [6, 6.07) is 6.37. The molecular formula is C19H24N2O8. The maximum absolute atomic E-state index is 12.1. The van der Waals surface area contributed by atoms with Crippen molar-refractivity contribution in [2.45, 2.75) is 26.3 Å². The second-order valence-corrected chi connectivity index (χ2v) is 5.80. The largest absolute Gasteiger partial charge is 0.480 e. The molecule has 3 N–H and O–H groups in total. The molecule has 10 nitrogen and oxygen atoms in total. The Morgan fingerprint density at radius 3 is 2.17 bits per heavy atom. The van der Waals surface area contributed by atoms with Gasteiger partial charge in [0.1, 0.15) is 6.04 Å². The summed E-state index contributed by atoms with van der Waals surface area (Å²) in [5, 5.41) is 13.9. The molecule has 0 aromatic heterocycles. The number of amides is 2. The first-order valence-corrected chi connectivity index (χ1v) is 8.97. The zero-order valence-corrected chi connectivity index (χ0v) is 16.2. The summed E-state index contributed by atoms with van der Waals surface area (Å²) in [5.41, 5.74) is 0.321. The van der Waals surface area contributed by atoms with Crippen LogP contribution in [-0.2, 0) is 28.7 Å². The lowest BCUT2D eigenvalue weighted by atomic mass is 9.96. The predicted molar refractivity (Wildman–Crippen MR) is 99.7 cm³/mol. The van der Waals surface area contributed by atoms with Crippen LogP contribution >= 0.6 is 0 Å². The van der Waals surface area contributed by atoms with Gasteiger partial charge in [0.15, 0.2) is 0 Å². The van der Waals surface area contributed by atoms with Crippen LogP contribution in [-0.4, -0.2) is 60.6 Å². The van der Waals surface area contributed by atoms with E-state index < -0.39 is 54.6 Å². The Bertz CT molecular complexity index is 735. The standard InChI is InChI=1S/C19H24N2O8/c1-3-28-15(23)10-13(19(27)29-4-2)16(18(25)26)21-14(22)11-20-17(24)12-8-6-5-7-9-12/h5-9,13,16H,3-4,10-11H2,1-2H3,(H,20,24)(H,21,22)(H,25,26)/t13-,16-/m1/s1. The lowest BCUT2D eigenvalue weighted by Crippen LogP contribution is -2.52. The average Bonchev–Trinajstić information content (AvgIpc) is 2.69. The zero-order valence-electron chi connectivity index (χ0n) is 16.2. The van der Waals surface area contributed by atoms with Crippen LogP contribution in [0.15, 0.2) is 30.3 Å². The van der Waals surface area contributed by atoms with Gasteiger partial charge in [-0.05, 0) is 26.0 Å². The fraction of sp³-hybridized carbons (Fsp3) is 0.421. The van der Waals surface area contributed by atoms with Crippen LogP contribution in [0.4, 0.5) is 0 Å². The molecule has 0 saturated heterocycles. The molecule has 0 saturated carbocycles. The minimum absolute atomic E-state index is 0.0361. The fourth-order valence-electron chi connectivity index (χ4n) is 2.40. The van der Waals surface area contributed by atoms with Crippen molar-refractivity contribution in [2.75, 3.05) is 19.8 Å². The Morgan fingerprint density at radius 2 is 1.62 bits per heavy atom. The van der Waals surface area contributed by atoms with Crippen molar-refractivity contribution in [3.63, 3.8) is 0 Å². The van der Waals surface area contributed by atoms with Gasteiger partial charge in [0.25, 0.3) is 5.91 Å². The molecule has 0 aliphatic rings. The number of hydrogen-bond acceptors (Lipinski definition) is 7. The molecule has 29 heavy (non-hydrogen) atoms. The maximum Gasteiger partial charge on any atom is 0.327 e. The second-order valence-electron chi connectivity index (χ2n) is 5.80. The fourth-order valence-corrected chi connectivity index (χ4v) is 2.40. The number of benzene rings is 1. The highest BCUT2D eigenvalue weighted by atomic mass is 16.5. The van der Waals surface area contributed by atoms with Crippen molar-refractivity contribution in [1.29, 1.82) is 0 Å². The number of carbonyl (C=O) groups is 5. The number of carboxylic acids is 1. The molecule has 1 aromatic rings. The lowest BCUT2D eigenvalue weighted by Gasteiger charge is -2.22. The van der Waals surface area contributed by atoms with E-state index >= 15 is 0 Å². The van der Waals surface area contributed by atoms with Crippen LogP contribution in [0.25, 0.3) is 0 Å². The van der Waals surface area contributed by atoms with E-state index in [4.69, 9.17) is 9.47 Å². The van der Waals surface area contributed by atoms with Crippen molar-refractivity contribution in [1.82, 2.24) is 10.6 Å². The van der Waals surface area contributed by atoms with Crippen LogP contribution in [0.3, 0.4) is 0 Å². The zero-order chi connectivity index (χ0) is 21.8. The normalized spacial score (nSPS) is 12.2. The summed E-state index contributed by atoms with van der Waals surface area (Å²) in [6.07, 6.45) is -0.583. The van der Waals surface area contributed by atoms with Crippen LogP contribution in [0.5, 0.6) is 0 Å². The van der Waals surface area contributed by atoms with Gasteiger partial charge >= 0.3 is 17.9 Å². The first-order chi connectivity index (χ1) is 13.8. The van der Waals surface area contributed by atoms with Gasteiger partial charge in [-0.1, -0.05) is 18.2 Å². The molecule has 1 rings (SSSR count). The van der Waals surface area contributed by atoms with Gasteiger partial charge in [0.2, 0.25) is 5.91 Å². The summed E-state index contributed by atoms with van der Waals surface area (Å²) in [7, 11) is 0. The van der Waals surface area contributed by atoms with Crippen molar-refractivity contribution in [3.05, 3.63) is 35.9 Å². The second kappa shape index (κ2) is 12.1. The molecule has 0 aliphatic heterocycles. The van der Waals surface area contributed by atoms with Crippen molar-refractivity contribution < 1.29 is 38.6 Å². The number of carbonyl (C=O) groups excluding carboxylic acids is 4. The SMILES string of the molecule is CCOC(=O)C[C@@H](C(=O)OCC)[C@@H](NC(=O)CNC(=O)c1ccccc1)C(=O)O. The summed E-state index contributed by atoms with van der Waals surface area (Å²) >= 11 is 0. The number of hydrogen-bond donors (Lipinski definition) is 3. The molecule has 0 aliphatic carbocycles. The van der Waals surface area contributed by atoms with Crippen LogP contribution in [0.2, 0.25) is 0 Å². The topological polar surface area (TPSA) is 148 Å². The number of carboxylic acid groups (broad SMARTS) is 1. The molecule has 2 amide bonds. The maximum atomic E-state index is 12.1. The van der Waals surface area contributed by atoms with Crippen molar-refractivity contribution >= 4 is 29.7 Å². The molecule has 0 heterocycles. The molecule has 0 unspecified atom stereocenters. The molecule has 0 spiro atoms. The third-order valence-corrected chi connectivity index (χ3v) is 3.71. The predicted octanol–water partition coefficient (Wildman–Crippen LogP) is 0.118. The number of nitrogens with one attached hydrogen (secondary N) is 2. The van der Waals surface area contributed by atoms with E-state index in [1.165, 1.54) is 6.92 Å². The Labute approximate surface area is 167 Å². The van der Waals surface area contributed by atoms with E-state index in [-0.39, 0.29) is 13.2 Å². The van der Waals surface area contributed by atoms with Gasteiger partial charge in [-0.15, -0.1) is 0 Å². The Balaban J connectivity index is 2.81. The first kappa shape index (κ1) is 23.6. The molecule has 2 atom stereocenters. The van der Waals surface area contributed by atoms with Crippen molar-refractivity contribution in [3.8, 4) is 0 Å².